The molecule has 1 aliphatic heterocycles. The second-order valence-corrected chi connectivity index (χ2v) is 9.76. The summed E-state index contributed by atoms with van der Waals surface area (Å²) in [6, 6.07) is 7.49. The number of amides is 2. The lowest BCUT2D eigenvalue weighted by molar-refractivity contribution is -0.124. The first-order chi connectivity index (χ1) is 13.1. The van der Waals surface area contributed by atoms with Crippen LogP contribution in [-0.4, -0.2) is 41.6 Å². The number of nitrogens with one attached hydrogen (secondary N) is 1. The van der Waals surface area contributed by atoms with Crippen molar-refractivity contribution in [3.05, 3.63) is 34.9 Å². The second-order valence-electron chi connectivity index (χ2n) is 9.33. The Hall–Kier alpha value is -1.75. The zero-order valence-corrected chi connectivity index (χ0v) is 18.0. The molecule has 2 fully saturated rings. The van der Waals surface area contributed by atoms with E-state index in [4.69, 9.17) is 16.3 Å². The molecule has 2 amide bonds. The fraction of sp³-hybridized carbons (Fsp3) is 0.636. The maximum absolute atomic E-state index is 13.1. The number of carbonyl (C=O) groups is 2. The van der Waals surface area contributed by atoms with Crippen LogP contribution >= 0.6 is 11.6 Å². The lowest BCUT2D eigenvalue weighted by atomic mass is 9.94. The van der Waals surface area contributed by atoms with Gasteiger partial charge in [0, 0.05) is 24.2 Å². The summed E-state index contributed by atoms with van der Waals surface area (Å²) in [6.07, 6.45) is 3.22. The van der Waals surface area contributed by atoms with Crippen LogP contribution in [-0.2, 0) is 14.9 Å². The highest BCUT2D eigenvalue weighted by Crippen LogP contribution is 2.48. The Balaban J connectivity index is 1.68. The highest BCUT2D eigenvalue weighted by atomic mass is 35.5. The molecule has 2 aliphatic rings. The fourth-order valence-corrected chi connectivity index (χ4v) is 3.97. The maximum Gasteiger partial charge on any atom is 0.410 e. The highest BCUT2D eigenvalue weighted by Gasteiger charge is 2.51. The van der Waals surface area contributed by atoms with Gasteiger partial charge in [0.2, 0.25) is 5.91 Å². The van der Waals surface area contributed by atoms with E-state index < -0.39 is 11.0 Å². The zero-order valence-electron chi connectivity index (χ0n) is 17.3. The molecule has 154 valence electrons. The van der Waals surface area contributed by atoms with Crippen LogP contribution in [0, 0.1) is 5.92 Å². The van der Waals surface area contributed by atoms with Crippen LogP contribution in [0.15, 0.2) is 24.3 Å². The van der Waals surface area contributed by atoms with Crippen molar-refractivity contribution in [3.8, 4) is 0 Å². The Labute approximate surface area is 172 Å². The van der Waals surface area contributed by atoms with E-state index in [0.717, 1.165) is 31.2 Å². The molecule has 3 rings (SSSR count). The lowest BCUT2D eigenvalue weighted by Crippen LogP contribution is -2.48. The average molecular weight is 407 g/mol. The molecule has 2 atom stereocenters. The van der Waals surface area contributed by atoms with Crippen molar-refractivity contribution in [3.63, 3.8) is 0 Å². The molecule has 0 aromatic heterocycles. The normalized spacial score (nSPS) is 24.2. The molecule has 1 saturated heterocycles. The van der Waals surface area contributed by atoms with Gasteiger partial charge in [-0.05, 0) is 70.1 Å². The van der Waals surface area contributed by atoms with E-state index in [9.17, 15) is 9.59 Å². The molecule has 1 aromatic carbocycles. The second kappa shape index (κ2) is 7.94. The minimum Gasteiger partial charge on any atom is -0.444 e. The summed E-state index contributed by atoms with van der Waals surface area (Å²) in [5, 5.41) is 3.89. The van der Waals surface area contributed by atoms with Crippen LogP contribution in [0.3, 0.4) is 0 Å². The number of benzene rings is 1. The number of hydrogen-bond acceptors (Lipinski definition) is 3. The molecular formula is C22H31ClN2O3. The standard InChI is InChI=1S/C22H31ClN2O3/c1-15-5-10-18(14-25(13-15)20(27)28-21(2,3)4)24-19(26)22(11-12-22)16-6-8-17(23)9-7-16/h6-9,15,18H,5,10-14H2,1-4H3,(H,24,26). The Morgan fingerprint density at radius 3 is 2.36 bits per heavy atom. The summed E-state index contributed by atoms with van der Waals surface area (Å²) in [6.45, 7) is 8.89. The number of likely N-dealkylation sites (tertiary alicyclic amines) is 1. The monoisotopic (exact) mass is 406 g/mol. The molecule has 1 aliphatic carbocycles. The van der Waals surface area contributed by atoms with Crippen LogP contribution in [0.2, 0.25) is 5.02 Å². The molecule has 0 spiro atoms. The van der Waals surface area contributed by atoms with Crippen molar-refractivity contribution in [2.45, 2.75) is 70.4 Å². The summed E-state index contributed by atoms with van der Waals surface area (Å²) in [5.41, 5.74) is 0.0393. The van der Waals surface area contributed by atoms with Gasteiger partial charge in [0.15, 0.2) is 0 Å². The van der Waals surface area contributed by atoms with Gasteiger partial charge in [-0.15, -0.1) is 0 Å². The number of carbonyl (C=O) groups excluding carboxylic acids is 2. The topological polar surface area (TPSA) is 58.6 Å². The molecule has 1 saturated carbocycles. The van der Waals surface area contributed by atoms with E-state index in [1.807, 2.05) is 45.0 Å². The summed E-state index contributed by atoms with van der Waals surface area (Å²) in [5.74, 6) is 0.430. The number of halogens is 1. The van der Waals surface area contributed by atoms with Gasteiger partial charge in [-0.1, -0.05) is 30.7 Å². The predicted molar refractivity (Wildman–Crippen MR) is 110 cm³/mol. The quantitative estimate of drug-likeness (QED) is 0.802. The van der Waals surface area contributed by atoms with E-state index in [1.54, 1.807) is 4.90 Å². The first kappa shape index (κ1) is 21.0. The van der Waals surface area contributed by atoms with E-state index in [0.29, 0.717) is 24.0 Å². The molecule has 28 heavy (non-hydrogen) atoms. The largest absolute Gasteiger partial charge is 0.444 e. The lowest BCUT2D eigenvalue weighted by Gasteiger charge is -2.30. The van der Waals surface area contributed by atoms with Crippen LogP contribution in [0.4, 0.5) is 4.79 Å². The molecule has 2 unspecified atom stereocenters. The van der Waals surface area contributed by atoms with Crippen molar-refractivity contribution in [2.75, 3.05) is 13.1 Å². The maximum atomic E-state index is 13.1. The number of hydrogen-bond donors (Lipinski definition) is 1. The Bertz CT molecular complexity index is 722. The van der Waals surface area contributed by atoms with Crippen molar-refractivity contribution >= 4 is 23.6 Å². The molecule has 1 N–H and O–H groups in total. The van der Waals surface area contributed by atoms with Crippen molar-refractivity contribution in [1.29, 1.82) is 0 Å². The van der Waals surface area contributed by atoms with Crippen molar-refractivity contribution < 1.29 is 14.3 Å². The molecule has 1 heterocycles. The molecular weight excluding hydrogens is 376 g/mol. The number of nitrogens with zero attached hydrogens (tertiary/aromatic N) is 1. The summed E-state index contributed by atoms with van der Waals surface area (Å²) < 4.78 is 5.56. The molecule has 1 aromatic rings. The van der Waals surface area contributed by atoms with Gasteiger partial charge >= 0.3 is 6.09 Å². The van der Waals surface area contributed by atoms with E-state index >= 15 is 0 Å². The third-order valence-electron chi connectivity index (χ3n) is 5.55. The van der Waals surface area contributed by atoms with E-state index in [-0.39, 0.29) is 18.0 Å². The van der Waals surface area contributed by atoms with Gasteiger partial charge in [-0.25, -0.2) is 4.79 Å². The van der Waals surface area contributed by atoms with Crippen molar-refractivity contribution in [2.24, 2.45) is 5.92 Å². The van der Waals surface area contributed by atoms with Crippen LogP contribution in [0.25, 0.3) is 0 Å². The summed E-state index contributed by atoms with van der Waals surface area (Å²) >= 11 is 5.99. The average Bonchev–Trinajstić information content (AvgIpc) is 3.40. The van der Waals surface area contributed by atoms with Gasteiger partial charge in [0.05, 0.1) is 5.41 Å². The third-order valence-corrected chi connectivity index (χ3v) is 5.80. The minimum atomic E-state index is -0.530. The SMILES string of the molecule is CC1CCC(NC(=O)C2(c3ccc(Cl)cc3)CC2)CN(C(=O)OC(C)(C)C)C1. The van der Waals surface area contributed by atoms with Gasteiger partial charge in [0.25, 0.3) is 0 Å². The first-order valence-electron chi connectivity index (χ1n) is 10.1. The van der Waals surface area contributed by atoms with Gasteiger partial charge in [0.1, 0.15) is 5.60 Å². The first-order valence-corrected chi connectivity index (χ1v) is 10.5. The predicted octanol–water partition coefficient (Wildman–Crippen LogP) is 4.52. The van der Waals surface area contributed by atoms with Crippen LogP contribution < -0.4 is 5.32 Å². The van der Waals surface area contributed by atoms with Crippen LogP contribution in [0.1, 0.15) is 58.9 Å². The molecule has 0 radical (unpaired) electrons. The van der Waals surface area contributed by atoms with Gasteiger partial charge < -0.3 is 15.0 Å². The summed E-state index contributed by atoms with van der Waals surface area (Å²) in [7, 11) is 0. The Morgan fingerprint density at radius 2 is 1.79 bits per heavy atom. The highest BCUT2D eigenvalue weighted by molar-refractivity contribution is 6.30. The minimum absolute atomic E-state index is 0.0542. The van der Waals surface area contributed by atoms with Gasteiger partial charge in [-0.2, -0.15) is 0 Å². The van der Waals surface area contributed by atoms with E-state index in [2.05, 4.69) is 12.2 Å². The summed E-state index contributed by atoms with van der Waals surface area (Å²) in [4.78, 5) is 27.4. The van der Waals surface area contributed by atoms with E-state index in [1.165, 1.54) is 0 Å². The Kier molecular flexibility index (Phi) is 5.95. The molecule has 0 bridgehead atoms. The molecule has 5 nitrogen and oxygen atoms in total. The molecule has 6 heteroatoms. The van der Waals surface area contributed by atoms with Gasteiger partial charge in [-0.3, -0.25) is 4.79 Å². The van der Waals surface area contributed by atoms with Crippen LogP contribution in [0.5, 0.6) is 0 Å². The smallest absolute Gasteiger partial charge is 0.410 e. The fourth-order valence-electron chi connectivity index (χ4n) is 3.84. The van der Waals surface area contributed by atoms with Crippen molar-refractivity contribution in [1.82, 2.24) is 10.2 Å². The number of ether oxygens (including phenoxy) is 1. The number of rotatable bonds is 3. The third kappa shape index (κ3) is 4.99. The Morgan fingerprint density at radius 1 is 1.14 bits per heavy atom. The zero-order chi connectivity index (χ0) is 20.5.